The molecule has 126 valence electrons. The first-order chi connectivity index (χ1) is 10.6. The van der Waals surface area contributed by atoms with Crippen LogP contribution >= 0.6 is 0 Å². The molecule has 0 saturated heterocycles. The summed E-state index contributed by atoms with van der Waals surface area (Å²) < 4.78 is 0. The Hall–Kier alpha value is -1.84. The number of amides is 2. The highest BCUT2D eigenvalue weighted by molar-refractivity contribution is 5.97. The van der Waals surface area contributed by atoms with Gasteiger partial charge >= 0.3 is 0 Å². The van der Waals surface area contributed by atoms with E-state index in [2.05, 4.69) is 45.3 Å². The molecule has 0 unspecified atom stereocenters. The zero-order valence-corrected chi connectivity index (χ0v) is 14.9. The van der Waals surface area contributed by atoms with Gasteiger partial charge in [-0.15, -0.1) is 0 Å². The summed E-state index contributed by atoms with van der Waals surface area (Å²) in [6.07, 6.45) is 3.07. The molecule has 0 bridgehead atoms. The van der Waals surface area contributed by atoms with Gasteiger partial charge < -0.3 is 10.6 Å². The van der Waals surface area contributed by atoms with Gasteiger partial charge in [-0.05, 0) is 62.3 Å². The van der Waals surface area contributed by atoms with Crippen LogP contribution in [0.5, 0.6) is 0 Å². The van der Waals surface area contributed by atoms with E-state index in [4.69, 9.17) is 0 Å². The van der Waals surface area contributed by atoms with Crippen molar-refractivity contribution in [3.05, 3.63) is 29.3 Å². The normalized spacial score (nSPS) is 15.4. The molecule has 1 aliphatic heterocycles. The first kappa shape index (κ1) is 17.5. The van der Waals surface area contributed by atoms with Crippen molar-refractivity contribution in [2.75, 3.05) is 5.32 Å². The van der Waals surface area contributed by atoms with Crippen molar-refractivity contribution in [2.45, 2.75) is 65.8 Å². The molecule has 1 aromatic rings. The Balaban J connectivity index is 2.14. The molecule has 1 aliphatic rings. The summed E-state index contributed by atoms with van der Waals surface area (Å²) in [4.78, 5) is 24.2. The van der Waals surface area contributed by atoms with Gasteiger partial charge in [0.25, 0.3) is 5.91 Å². The number of hydrogen-bond acceptors (Lipinski definition) is 2. The zero-order valence-electron chi connectivity index (χ0n) is 14.9. The van der Waals surface area contributed by atoms with Gasteiger partial charge in [0.15, 0.2) is 0 Å². The summed E-state index contributed by atoms with van der Waals surface area (Å²) in [5, 5.41) is 6.03. The molecule has 2 amide bonds. The minimum atomic E-state index is -0.268. The molecule has 0 aliphatic carbocycles. The van der Waals surface area contributed by atoms with Gasteiger partial charge in [0.1, 0.15) is 0 Å². The van der Waals surface area contributed by atoms with Gasteiger partial charge in [-0.2, -0.15) is 0 Å². The maximum absolute atomic E-state index is 12.6. The molecule has 2 N–H and O–H groups in total. The molecule has 4 heteroatoms. The summed E-state index contributed by atoms with van der Waals surface area (Å²) in [5.41, 5.74) is 2.41. The molecule has 0 radical (unpaired) electrons. The summed E-state index contributed by atoms with van der Waals surface area (Å²) in [5.74, 6) is -0.00937. The number of carbonyl (C=O) groups excluding carboxylic acids is 2. The third-order valence-electron chi connectivity index (χ3n) is 3.92. The number of anilines is 1. The lowest BCUT2D eigenvalue weighted by molar-refractivity contribution is -0.116. The van der Waals surface area contributed by atoms with E-state index in [0.717, 1.165) is 30.5 Å². The second-order valence-corrected chi connectivity index (χ2v) is 8.35. The molecule has 1 aromatic carbocycles. The average molecular weight is 316 g/mol. The Morgan fingerprint density at radius 2 is 1.87 bits per heavy atom. The Morgan fingerprint density at radius 1 is 1.17 bits per heavy atom. The van der Waals surface area contributed by atoms with Gasteiger partial charge in [-0.25, -0.2) is 0 Å². The first-order valence-electron chi connectivity index (χ1n) is 8.31. The fourth-order valence-corrected chi connectivity index (χ4v) is 3.47. The lowest BCUT2D eigenvalue weighted by Crippen LogP contribution is -2.45. The van der Waals surface area contributed by atoms with Gasteiger partial charge in [0.2, 0.25) is 5.91 Å². The standard InChI is InChI=1S/C19H28N2O2/c1-18(2,3)12-19(4,5)21-17(23)14-9-10-15-13(11-14)7-6-8-16(22)20-15/h9-11H,6-8,12H2,1-5H3,(H,20,22)(H,21,23). The summed E-state index contributed by atoms with van der Waals surface area (Å²) in [6, 6.07) is 5.53. The van der Waals surface area contributed by atoms with Crippen molar-refractivity contribution in [2.24, 2.45) is 5.41 Å². The van der Waals surface area contributed by atoms with E-state index in [1.165, 1.54) is 0 Å². The summed E-state index contributed by atoms with van der Waals surface area (Å²) >= 11 is 0. The largest absolute Gasteiger partial charge is 0.347 e. The van der Waals surface area contributed by atoms with Crippen molar-refractivity contribution >= 4 is 17.5 Å². The molecule has 0 spiro atoms. The molecule has 4 nitrogen and oxygen atoms in total. The fourth-order valence-electron chi connectivity index (χ4n) is 3.47. The molecular weight excluding hydrogens is 288 g/mol. The second kappa shape index (κ2) is 6.34. The average Bonchev–Trinajstić information content (AvgIpc) is 2.54. The van der Waals surface area contributed by atoms with Crippen LogP contribution < -0.4 is 10.6 Å². The van der Waals surface area contributed by atoms with E-state index >= 15 is 0 Å². The van der Waals surface area contributed by atoms with Crippen LogP contribution in [0.25, 0.3) is 0 Å². The maximum Gasteiger partial charge on any atom is 0.251 e. The van der Waals surface area contributed by atoms with E-state index in [0.29, 0.717) is 12.0 Å². The number of hydrogen-bond donors (Lipinski definition) is 2. The van der Waals surface area contributed by atoms with Crippen LogP contribution in [0.15, 0.2) is 18.2 Å². The van der Waals surface area contributed by atoms with Gasteiger partial charge in [-0.1, -0.05) is 20.8 Å². The predicted octanol–water partition coefficient (Wildman–Crippen LogP) is 3.91. The van der Waals surface area contributed by atoms with Crippen molar-refractivity contribution in [3.8, 4) is 0 Å². The molecule has 0 saturated carbocycles. The Kier molecular flexibility index (Phi) is 4.83. The van der Waals surface area contributed by atoms with Crippen LogP contribution in [0, 0.1) is 5.41 Å². The molecule has 0 fully saturated rings. The van der Waals surface area contributed by atoms with Crippen LogP contribution in [-0.4, -0.2) is 17.4 Å². The predicted molar refractivity (Wildman–Crippen MR) is 93.6 cm³/mol. The zero-order chi connectivity index (χ0) is 17.3. The van der Waals surface area contributed by atoms with Gasteiger partial charge in [-0.3, -0.25) is 9.59 Å². The minimum absolute atomic E-state index is 0.0484. The molecule has 0 atom stereocenters. The van der Waals surface area contributed by atoms with Gasteiger partial charge in [0.05, 0.1) is 0 Å². The number of benzene rings is 1. The van der Waals surface area contributed by atoms with Crippen LogP contribution in [0.2, 0.25) is 0 Å². The summed E-state index contributed by atoms with van der Waals surface area (Å²) in [7, 11) is 0. The fraction of sp³-hybridized carbons (Fsp3) is 0.579. The Morgan fingerprint density at radius 3 is 2.52 bits per heavy atom. The van der Waals surface area contributed by atoms with Crippen LogP contribution in [0.3, 0.4) is 0 Å². The third-order valence-corrected chi connectivity index (χ3v) is 3.92. The highest BCUT2D eigenvalue weighted by Crippen LogP contribution is 2.28. The molecule has 0 aromatic heterocycles. The topological polar surface area (TPSA) is 58.2 Å². The van der Waals surface area contributed by atoms with E-state index in [9.17, 15) is 9.59 Å². The monoisotopic (exact) mass is 316 g/mol. The van der Waals surface area contributed by atoms with Crippen molar-refractivity contribution < 1.29 is 9.59 Å². The highest BCUT2D eigenvalue weighted by Gasteiger charge is 2.27. The second-order valence-electron chi connectivity index (χ2n) is 8.35. The number of rotatable bonds is 3. The minimum Gasteiger partial charge on any atom is -0.347 e. The molecular formula is C19H28N2O2. The van der Waals surface area contributed by atoms with Crippen LogP contribution in [0.4, 0.5) is 5.69 Å². The first-order valence-corrected chi connectivity index (χ1v) is 8.31. The van der Waals surface area contributed by atoms with Crippen molar-refractivity contribution in [1.82, 2.24) is 5.32 Å². The number of fused-ring (bicyclic) bond motifs is 1. The van der Waals surface area contributed by atoms with E-state index in [1.54, 1.807) is 6.07 Å². The molecule has 23 heavy (non-hydrogen) atoms. The van der Waals surface area contributed by atoms with Crippen molar-refractivity contribution in [3.63, 3.8) is 0 Å². The lowest BCUT2D eigenvalue weighted by atomic mass is 9.81. The number of aryl methyl sites for hydroxylation is 1. The van der Waals surface area contributed by atoms with Crippen LogP contribution in [0.1, 0.15) is 69.8 Å². The van der Waals surface area contributed by atoms with Crippen molar-refractivity contribution in [1.29, 1.82) is 0 Å². The van der Waals surface area contributed by atoms with Gasteiger partial charge in [0, 0.05) is 23.2 Å². The SMILES string of the molecule is CC(C)(C)CC(C)(C)NC(=O)c1ccc2c(c1)CCCC(=O)N2. The molecule has 1 heterocycles. The number of carbonyl (C=O) groups is 2. The molecule has 2 rings (SSSR count). The lowest BCUT2D eigenvalue weighted by Gasteiger charge is -2.33. The van der Waals surface area contributed by atoms with E-state index in [1.807, 2.05) is 12.1 Å². The Labute approximate surface area is 139 Å². The smallest absolute Gasteiger partial charge is 0.251 e. The van der Waals surface area contributed by atoms with Crippen LogP contribution in [-0.2, 0) is 11.2 Å². The number of nitrogens with one attached hydrogen (secondary N) is 2. The van der Waals surface area contributed by atoms with E-state index in [-0.39, 0.29) is 22.8 Å². The highest BCUT2D eigenvalue weighted by atomic mass is 16.2. The Bertz CT molecular complexity index is 612. The summed E-state index contributed by atoms with van der Waals surface area (Å²) in [6.45, 7) is 10.6. The maximum atomic E-state index is 12.6. The quantitative estimate of drug-likeness (QED) is 0.888. The van der Waals surface area contributed by atoms with E-state index < -0.39 is 0 Å². The third kappa shape index (κ3) is 5.08.